The SMILES string of the molecule is Cc1cc(N=CCN(C)N)ccc1F. The van der Waals surface area contributed by atoms with Crippen molar-refractivity contribution in [3.63, 3.8) is 0 Å². The lowest BCUT2D eigenvalue weighted by Crippen LogP contribution is -2.27. The van der Waals surface area contributed by atoms with E-state index in [-0.39, 0.29) is 5.82 Å². The van der Waals surface area contributed by atoms with Gasteiger partial charge in [-0.1, -0.05) is 0 Å². The van der Waals surface area contributed by atoms with E-state index in [9.17, 15) is 4.39 Å². The average Bonchev–Trinajstić information content (AvgIpc) is 2.10. The molecule has 14 heavy (non-hydrogen) atoms. The summed E-state index contributed by atoms with van der Waals surface area (Å²) in [5.41, 5.74) is 1.34. The monoisotopic (exact) mass is 195 g/mol. The molecule has 0 saturated heterocycles. The maximum absolute atomic E-state index is 12.9. The quantitative estimate of drug-likeness (QED) is 0.452. The number of aryl methyl sites for hydroxylation is 1. The van der Waals surface area contributed by atoms with Crippen LogP contribution in [0.25, 0.3) is 0 Å². The van der Waals surface area contributed by atoms with Crippen LogP contribution in [0.5, 0.6) is 0 Å². The van der Waals surface area contributed by atoms with Gasteiger partial charge in [0.05, 0.1) is 5.69 Å². The summed E-state index contributed by atoms with van der Waals surface area (Å²) in [6.45, 7) is 2.28. The van der Waals surface area contributed by atoms with Crippen LogP contribution < -0.4 is 5.84 Å². The standard InChI is InChI=1S/C10H14FN3/c1-8-7-9(3-4-10(8)11)13-5-6-14(2)12/h3-5,7H,6,12H2,1-2H3. The molecule has 1 aromatic rings. The van der Waals surface area contributed by atoms with Gasteiger partial charge >= 0.3 is 0 Å². The number of nitrogens with two attached hydrogens (primary N) is 1. The molecule has 0 saturated carbocycles. The summed E-state index contributed by atoms with van der Waals surface area (Å²) >= 11 is 0. The smallest absolute Gasteiger partial charge is 0.126 e. The van der Waals surface area contributed by atoms with Gasteiger partial charge in [0.1, 0.15) is 5.82 Å². The number of benzene rings is 1. The highest BCUT2D eigenvalue weighted by atomic mass is 19.1. The van der Waals surface area contributed by atoms with Crippen LogP contribution in [0.3, 0.4) is 0 Å². The molecule has 2 N–H and O–H groups in total. The Hall–Kier alpha value is -1.26. The van der Waals surface area contributed by atoms with Gasteiger partial charge in [0.2, 0.25) is 0 Å². The number of hydrogen-bond acceptors (Lipinski definition) is 3. The normalized spacial score (nSPS) is 11.5. The number of hydrazine groups is 1. The number of rotatable bonds is 3. The van der Waals surface area contributed by atoms with Crippen molar-refractivity contribution in [2.75, 3.05) is 13.6 Å². The highest BCUT2D eigenvalue weighted by Crippen LogP contribution is 2.15. The van der Waals surface area contributed by atoms with Crippen molar-refractivity contribution in [3.8, 4) is 0 Å². The van der Waals surface area contributed by atoms with Gasteiger partial charge in [-0.25, -0.2) is 9.40 Å². The Morgan fingerprint density at radius 1 is 1.57 bits per heavy atom. The lowest BCUT2D eigenvalue weighted by Gasteiger charge is -2.03. The fraction of sp³-hybridized carbons (Fsp3) is 0.300. The molecule has 0 unspecified atom stereocenters. The van der Waals surface area contributed by atoms with Crippen LogP contribution >= 0.6 is 0 Å². The van der Waals surface area contributed by atoms with E-state index in [4.69, 9.17) is 5.84 Å². The minimum Gasteiger partial charge on any atom is -0.269 e. The molecular weight excluding hydrogens is 181 g/mol. The molecule has 0 bridgehead atoms. The van der Waals surface area contributed by atoms with Gasteiger partial charge in [-0.05, 0) is 30.7 Å². The lowest BCUT2D eigenvalue weighted by molar-refractivity contribution is 0.404. The third-order valence-corrected chi connectivity index (χ3v) is 1.75. The van der Waals surface area contributed by atoms with E-state index in [1.165, 1.54) is 11.1 Å². The third kappa shape index (κ3) is 3.24. The summed E-state index contributed by atoms with van der Waals surface area (Å²) < 4.78 is 12.9. The topological polar surface area (TPSA) is 41.6 Å². The van der Waals surface area contributed by atoms with Crippen molar-refractivity contribution < 1.29 is 4.39 Å². The lowest BCUT2D eigenvalue weighted by atomic mass is 10.2. The zero-order valence-corrected chi connectivity index (χ0v) is 8.37. The van der Waals surface area contributed by atoms with E-state index in [0.717, 1.165) is 5.69 Å². The van der Waals surface area contributed by atoms with Gasteiger partial charge in [-0.15, -0.1) is 0 Å². The number of aliphatic imine (C=N–C) groups is 1. The molecule has 3 nitrogen and oxygen atoms in total. The molecule has 0 aliphatic carbocycles. The predicted molar refractivity (Wildman–Crippen MR) is 56.1 cm³/mol. The molecule has 4 heteroatoms. The Balaban J connectivity index is 2.68. The second-order valence-electron chi connectivity index (χ2n) is 3.18. The van der Waals surface area contributed by atoms with Crippen LogP contribution in [0.15, 0.2) is 23.2 Å². The van der Waals surface area contributed by atoms with E-state index in [1.807, 2.05) is 0 Å². The van der Waals surface area contributed by atoms with Gasteiger partial charge < -0.3 is 0 Å². The van der Waals surface area contributed by atoms with E-state index >= 15 is 0 Å². The fourth-order valence-corrected chi connectivity index (χ4v) is 0.984. The largest absolute Gasteiger partial charge is 0.269 e. The molecule has 0 fully saturated rings. The van der Waals surface area contributed by atoms with Crippen LogP contribution in [0.4, 0.5) is 10.1 Å². The zero-order chi connectivity index (χ0) is 10.6. The maximum Gasteiger partial charge on any atom is 0.126 e. The predicted octanol–water partition coefficient (Wildman–Crippen LogP) is 1.64. The molecule has 0 spiro atoms. The zero-order valence-electron chi connectivity index (χ0n) is 8.37. The van der Waals surface area contributed by atoms with E-state index in [2.05, 4.69) is 4.99 Å². The highest BCUT2D eigenvalue weighted by molar-refractivity contribution is 5.65. The van der Waals surface area contributed by atoms with Crippen molar-refractivity contribution in [2.45, 2.75) is 6.92 Å². The van der Waals surface area contributed by atoms with Crippen molar-refractivity contribution >= 4 is 11.9 Å². The molecule has 0 heterocycles. The van der Waals surface area contributed by atoms with Crippen molar-refractivity contribution in [1.82, 2.24) is 5.01 Å². The third-order valence-electron chi connectivity index (χ3n) is 1.75. The molecule has 0 atom stereocenters. The fourth-order valence-electron chi connectivity index (χ4n) is 0.984. The highest BCUT2D eigenvalue weighted by Gasteiger charge is 1.96. The second-order valence-corrected chi connectivity index (χ2v) is 3.18. The molecule has 0 aromatic heterocycles. The Bertz CT molecular complexity index is 334. The first-order valence-electron chi connectivity index (χ1n) is 4.34. The molecular formula is C10H14FN3. The summed E-state index contributed by atoms with van der Waals surface area (Å²) in [6, 6.07) is 4.74. The first kappa shape index (κ1) is 10.8. The number of nitrogens with zero attached hydrogens (tertiary/aromatic N) is 2. The molecule has 1 rings (SSSR count). The van der Waals surface area contributed by atoms with E-state index in [1.54, 1.807) is 32.3 Å². The molecule has 0 amide bonds. The van der Waals surface area contributed by atoms with Crippen LogP contribution in [-0.2, 0) is 0 Å². The number of halogens is 1. The summed E-state index contributed by atoms with van der Waals surface area (Å²) in [5.74, 6) is 5.18. The van der Waals surface area contributed by atoms with Gasteiger partial charge in [0.25, 0.3) is 0 Å². The molecule has 1 aromatic carbocycles. The molecule has 0 radical (unpaired) electrons. The summed E-state index contributed by atoms with van der Waals surface area (Å²) in [4.78, 5) is 4.14. The molecule has 0 aliphatic heterocycles. The van der Waals surface area contributed by atoms with Gasteiger partial charge in [0, 0.05) is 19.8 Å². The first-order valence-corrected chi connectivity index (χ1v) is 4.34. The summed E-state index contributed by atoms with van der Waals surface area (Å²) in [5, 5.41) is 1.51. The maximum atomic E-state index is 12.9. The Morgan fingerprint density at radius 2 is 2.29 bits per heavy atom. The van der Waals surface area contributed by atoms with Crippen molar-refractivity contribution in [2.24, 2.45) is 10.8 Å². The van der Waals surface area contributed by atoms with E-state index < -0.39 is 0 Å². The Kier molecular flexibility index (Phi) is 3.73. The molecule has 76 valence electrons. The van der Waals surface area contributed by atoms with E-state index in [0.29, 0.717) is 12.1 Å². The van der Waals surface area contributed by atoms with Gasteiger partial charge in [0.15, 0.2) is 0 Å². The number of hydrogen-bond donors (Lipinski definition) is 1. The van der Waals surface area contributed by atoms with Crippen LogP contribution in [0, 0.1) is 12.7 Å². The van der Waals surface area contributed by atoms with Crippen LogP contribution in [0.2, 0.25) is 0 Å². The first-order chi connectivity index (χ1) is 6.59. The summed E-state index contributed by atoms with van der Waals surface area (Å²) in [7, 11) is 1.75. The Labute approximate surface area is 83.0 Å². The van der Waals surface area contributed by atoms with Gasteiger partial charge in [-0.2, -0.15) is 0 Å². The molecule has 0 aliphatic rings. The average molecular weight is 195 g/mol. The van der Waals surface area contributed by atoms with Crippen molar-refractivity contribution in [3.05, 3.63) is 29.6 Å². The van der Waals surface area contributed by atoms with Crippen LogP contribution in [-0.4, -0.2) is 24.8 Å². The minimum atomic E-state index is -0.208. The second kappa shape index (κ2) is 4.83. The Morgan fingerprint density at radius 3 is 2.86 bits per heavy atom. The van der Waals surface area contributed by atoms with Crippen LogP contribution in [0.1, 0.15) is 5.56 Å². The van der Waals surface area contributed by atoms with Gasteiger partial charge in [-0.3, -0.25) is 10.8 Å². The minimum absolute atomic E-state index is 0.208. The summed E-state index contributed by atoms with van der Waals surface area (Å²) in [6.07, 6.45) is 1.69. The van der Waals surface area contributed by atoms with Crippen molar-refractivity contribution in [1.29, 1.82) is 0 Å².